The smallest absolute Gasteiger partial charge is 0.223 e. The first-order valence-corrected chi connectivity index (χ1v) is 3.98. The van der Waals surface area contributed by atoms with E-state index in [0.29, 0.717) is 11.7 Å². The Hall–Kier alpha value is -1.64. The molecule has 13 heavy (non-hydrogen) atoms. The van der Waals surface area contributed by atoms with Gasteiger partial charge in [-0.3, -0.25) is 0 Å². The summed E-state index contributed by atoms with van der Waals surface area (Å²) >= 11 is 0. The molecule has 1 radical (unpaired) electrons. The van der Waals surface area contributed by atoms with E-state index in [9.17, 15) is 0 Å². The van der Waals surface area contributed by atoms with E-state index in [1.54, 1.807) is 6.92 Å². The van der Waals surface area contributed by atoms with Gasteiger partial charge in [0, 0.05) is 12.5 Å². The third-order valence-corrected chi connectivity index (χ3v) is 1.74. The van der Waals surface area contributed by atoms with Crippen LogP contribution >= 0.6 is 0 Å². The minimum Gasteiger partial charge on any atom is -0.339 e. The quantitative estimate of drug-likeness (QED) is 0.663. The maximum atomic E-state index is 4.87. The van der Waals surface area contributed by atoms with Crippen molar-refractivity contribution in [2.75, 3.05) is 0 Å². The van der Waals surface area contributed by atoms with Crippen molar-refractivity contribution in [2.45, 2.75) is 6.92 Å². The molecule has 2 aromatic rings. The molecular weight excluding hydrogens is 164 g/mol. The summed E-state index contributed by atoms with van der Waals surface area (Å²) in [6.07, 6.45) is 0. The fourth-order valence-electron chi connectivity index (χ4n) is 1.07. The minimum absolute atomic E-state index is 0.578. The van der Waals surface area contributed by atoms with Gasteiger partial charge in [-0.15, -0.1) is 0 Å². The molecule has 0 aliphatic carbocycles. The van der Waals surface area contributed by atoms with Gasteiger partial charge in [-0.05, 0) is 12.5 Å². The molecule has 0 bridgehead atoms. The van der Waals surface area contributed by atoms with Crippen molar-refractivity contribution in [1.82, 2.24) is 10.1 Å². The normalized spacial score (nSPS) is 10.3. The summed E-state index contributed by atoms with van der Waals surface area (Å²) in [5.41, 5.74) is 1.92. The van der Waals surface area contributed by atoms with Crippen LogP contribution in [-0.2, 0) is 0 Å². The van der Waals surface area contributed by atoms with E-state index in [1.165, 1.54) is 0 Å². The summed E-state index contributed by atoms with van der Waals surface area (Å²) in [5, 5.41) is 3.81. The highest BCUT2D eigenvalue weighted by molar-refractivity contribution is 5.54. The van der Waals surface area contributed by atoms with Crippen LogP contribution in [0, 0.1) is 13.8 Å². The summed E-state index contributed by atoms with van der Waals surface area (Å²) in [6, 6.07) is 7.68. The average Bonchev–Trinajstić information content (AvgIpc) is 2.53. The summed E-state index contributed by atoms with van der Waals surface area (Å²) < 4.78 is 4.87. The Kier molecular flexibility index (Phi) is 1.85. The van der Waals surface area contributed by atoms with Gasteiger partial charge in [0.05, 0.1) is 0 Å². The molecule has 65 valence electrons. The molecule has 0 fully saturated rings. The second-order valence-corrected chi connectivity index (χ2v) is 2.83. The van der Waals surface area contributed by atoms with Gasteiger partial charge in [0.2, 0.25) is 11.7 Å². The number of hydrogen-bond donors (Lipinski definition) is 0. The molecule has 1 aromatic heterocycles. The maximum Gasteiger partial charge on any atom is 0.223 e. The predicted octanol–water partition coefficient (Wildman–Crippen LogP) is 2.23. The molecule has 0 saturated heterocycles. The van der Waals surface area contributed by atoms with Gasteiger partial charge in [-0.2, -0.15) is 4.98 Å². The van der Waals surface area contributed by atoms with Crippen molar-refractivity contribution in [3.05, 3.63) is 42.6 Å². The third kappa shape index (κ3) is 1.59. The van der Waals surface area contributed by atoms with Gasteiger partial charge in [-0.1, -0.05) is 29.4 Å². The maximum absolute atomic E-state index is 4.87. The molecule has 3 heteroatoms. The van der Waals surface area contributed by atoms with E-state index in [1.807, 2.05) is 24.3 Å². The number of aryl methyl sites for hydroxylation is 1. The zero-order valence-electron chi connectivity index (χ0n) is 7.32. The number of nitrogens with zero attached hydrogens (tertiary/aromatic N) is 2. The Morgan fingerprint density at radius 2 is 1.92 bits per heavy atom. The molecule has 0 unspecified atom stereocenters. The molecule has 1 aromatic carbocycles. The summed E-state index contributed by atoms with van der Waals surface area (Å²) in [6.45, 7) is 5.57. The van der Waals surface area contributed by atoms with Gasteiger partial charge in [0.1, 0.15) is 0 Å². The molecule has 0 aliphatic heterocycles. The van der Waals surface area contributed by atoms with E-state index in [0.717, 1.165) is 11.1 Å². The first-order chi connectivity index (χ1) is 6.25. The van der Waals surface area contributed by atoms with E-state index in [-0.39, 0.29) is 0 Å². The number of rotatable bonds is 1. The summed E-state index contributed by atoms with van der Waals surface area (Å²) in [7, 11) is 0. The van der Waals surface area contributed by atoms with Gasteiger partial charge in [0.25, 0.3) is 0 Å². The molecule has 0 spiro atoms. The number of aromatic nitrogens is 2. The molecule has 0 saturated carbocycles. The highest BCUT2D eigenvalue weighted by Gasteiger charge is 2.03. The van der Waals surface area contributed by atoms with Gasteiger partial charge >= 0.3 is 0 Å². The fourth-order valence-corrected chi connectivity index (χ4v) is 1.07. The highest BCUT2D eigenvalue weighted by Crippen LogP contribution is 2.15. The lowest BCUT2D eigenvalue weighted by atomic mass is 10.1. The number of hydrogen-bond acceptors (Lipinski definition) is 3. The molecular formula is C10H9N2O. The Morgan fingerprint density at radius 3 is 2.46 bits per heavy atom. The Labute approximate surface area is 76.4 Å². The van der Waals surface area contributed by atoms with Crippen LogP contribution in [0.15, 0.2) is 28.8 Å². The zero-order chi connectivity index (χ0) is 9.26. The van der Waals surface area contributed by atoms with Gasteiger partial charge in [0.15, 0.2) is 0 Å². The molecule has 2 rings (SSSR count). The summed E-state index contributed by atoms with van der Waals surface area (Å²) in [4.78, 5) is 4.11. The lowest BCUT2D eigenvalue weighted by Crippen LogP contribution is -1.80. The molecule has 1 heterocycles. The van der Waals surface area contributed by atoms with Crippen LogP contribution in [0.4, 0.5) is 0 Å². The number of benzene rings is 1. The lowest BCUT2D eigenvalue weighted by Gasteiger charge is -1.93. The van der Waals surface area contributed by atoms with E-state index in [4.69, 9.17) is 4.52 Å². The zero-order valence-corrected chi connectivity index (χ0v) is 7.32. The second-order valence-electron chi connectivity index (χ2n) is 2.83. The van der Waals surface area contributed by atoms with Crippen LogP contribution in [0.2, 0.25) is 0 Å². The van der Waals surface area contributed by atoms with E-state index < -0.39 is 0 Å². The summed E-state index contributed by atoms with van der Waals surface area (Å²) in [5.74, 6) is 1.20. The molecule has 0 amide bonds. The largest absolute Gasteiger partial charge is 0.339 e. The molecule has 0 N–H and O–H groups in total. The second kappa shape index (κ2) is 3.01. The van der Waals surface area contributed by atoms with Crippen molar-refractivity contribution < 1.29 is 4.52 Å². The fraction of sp³-hybridized carbons (Fsp3) is 0.100. The van der Waals surface area contributed by atoms with Crippen LogP contribution in [0.25, 0.3) is 11.4 Å². The Bertz CT molecular complexity index is 403. The van der Waals surface area contributed by atoms with Crippen molar-refractivity contribution in [3.8, 4) is 11.4 Å². The van der Waals surface area contributed by atoms with Gasteiger partial charge in [-0.25, -0.2) is 0 Å². The van der Waals surface area contributed by atoms with Crippen molar-refractivity contribution in [1.29, 1.82) is 0 Å². The first-order valence-electron chi connectivity index (χ1n) is 3.98. The Morgan fingerprint density at radius 1 is 1.23 bits per heavy atom. The SMILES string of the molecule is [CH2]c1ccc(-c2noc(C)n2)cc1. The average molecular weight is 173 g/mol. The molecule has 0 aliphatic rings. The van der Waals surface area contributed by atoms with Crippen LogP contribution in [-0.4, -0.2) is 10.1 Å². The van der Waals surface area contributed by atoms with Crippen LogP contribution in [0.3, 0.4) is 0 Å². The van der Waals surface area contributed by atoms with Crippen LogP contribution in [0.1, 0.15) is 11.5 Å². The molecule has 0 atom stereocenters. The third-order valence-electron chi connectivity index (χ3n) is 1.74. The van der Waals surface area contributed by atoms with E-state index in [2.05, 4.69) is 17.1 Å². The molecule has 3 nitrogen and oxygen atoms in total. The lowest BCUT2D eigenvalue weighted by molar-refractivity contribution is 0.394. The monoisotopic (exact) mass is 173 g/mol. The van der Waals surface area contributed by atoms with Crippen molar-refractivity contribution in [2.24, 2.45) is 0 Å². The van der Waals surface area contributed by atoms with Crippen molar-refractivity contribution >= 4 is 0 Å². The van der Waals surface area contributed by atoms with Crippen LogP contribution in [0.5, 0.6) is 0 Å². The standard InChI is InChI=1S/C10H9N2O/c1-7-3-5-9(6-4-7)10-11-8(2)13-12-10/h3-6H,1H2,2H3. The predicted molar refractivity (Wildman–Crippen MR) is 48.9 cm³/mol. The minimum atomic E-state index is 0.578. The van der Waals surface area contributed by atoms with Gasteiger partial charge < -0.3 is 4.52 Å². The van der Waals surface area contributed by atoms with Crippen molar-refractivity contribution in [3.63, 3.8) is 0 Å². The Balaban J connectivity index is 2.41. The first kappa shape index (κ1) is 7.98. The van der Waals surface area contributed by atoms with Crippen LogP contribution < -0.4 is 0 Å². The topological polar surface area (TPSA) is 38.9 Å². The van der Waals surface area contributed by atoms with E-state index >= 15 is 0 Å². The highest BCUT2D eigenvalue weighted by atomic mass is 16.5.